The zero-order valence-corrected chi connectivity index (χ0v) is 27.0. The van der Waals surface area contributed by atoms with E-state index < -0.39 is 24.0 Å². The largest absolute Gasteiger partial charge is 0.573 e. The van der Waals surface area contributed by atoms with E-state index in [1.807, 2.05) is 18.2 Å². The molecule has 0 saturated carbocycles. The van der Waals surface area contributed by atoms with Crippen LogP contribution in [0.2, 0.25) is 0 Å². The van der Waals surface area contributed by atoms with Crippen molar-refractivity contribution in [3.63, 3.8) is 0 Å². The van der Waals surface area contributed by atoms with Gasteiger partial charge in [-0.1, -0.05) is 36.4 Å². The monoisotopic (exact) mass is 685 g/mol. The number of hydrogen-bond donors (Lipinski definition) is 0. The first-order chi connectivity index (χ1) is 24.2. The summed E-state index contributed by atoms with van der Waals surface area (Å²) in [5.41, 5.74) is 3.75. The second-order valence-corrected chi connectivity index (χ2v) is 12.3. The van der Waals surface area contributed by atoms with E-state index >= 15 is 0 Å². The molecule has 0 radical (unpaired) electrons. The van der Waals surface area contributed by atoms with Crippen molar-refractivity contribution in [2.75, 3.05) is 13.4 Å². The maximum atomic E-state index is 14.1. The van der Waals surface area contributed by atoms with Crippen LogP contribution in [0.1, 0.15) is 64.3 Å². The summed E-state index contributed by atoms with van der Waals surface area (Å²) < 4.78 is 67.8. The lowest BCUT2D eigenvalue weighted by Crippen LogP contribution is -2.23. The van der Waals surface area contributed by atoms with E-state index in [9.17, 15) is 22.8 Å². The molecule has 50 heavy (non-hydrogen) atoms. The fourth-order valence-electron chi connectivity index (χ4n) is 6.64. The quantitative estimate of drug-likeness (QED) is 0.102. The SMILES string of the molecule is O=C(OCc1ccc2c(c1)OCO2)C1CCCc2c1c1cc(OC(F)(F)F)ccc1n2C(=O)c1ccc(OCCCCc2ccccc2)cc1. The van der Waals surface area contributed by atoms with Gasteiger partial charge >= 0.3 is 12.3 Å². The molecule has 0 fully saturated rings. The minimum atomic E-state index is -4.92. The van der Waals surface area contributed by atoms with Crippen molar-refractivity contribution in [3.8, 4) is 23.0 Å². The molecule has 2 heterocycles. The van der Waals surface area contributed by atoms with Crippen molar-refractivity contribution < 1.29 is 46.4 Å². The Morgan fingerprint density at radius 2 is 1.62 bits per heavy atom. The predicted octanol–water partition coefficient (Wildman–Crippen LogP) is 8.52. The Labute approximate surface area is 286 Å². The third-order valence-corrected chi connectivity index (χ3v) is 8.95. The minimum absolute atomic E-state index is 0.0389. The van der Waals surface area contributed by atoms with E-state index in [0.29, 0.717) is 76.4 Å². The average molecular weight is 686 g/mol. The molecule has 0 spiro atoms. The summed E-state index contributed by atoms with van der Waals surface area (Å²) >= 11 is 0. The van der Waals surface area contributed by atoms with Crippen LogP contribution in [-0.4, -0.2) is 36.2 Å². The highest BCUT2D eigenvalue weighted by Crippen LogP contribution is 2.42. The number of halogens is 3. The van der Waals surface area contributed by atoms with Gasteiger partial charge in [0.2, 0.25) is 6.79 Å². The summed E-state index contributed by atoms with van der Waals surface area (Å²) in [6.07, 6.45) is -0.672. The molecule has 2 aliphatic rings. The molecule has 0 bridgehead atoms. The number of carbonyl (C=O) groups is 2. The highest BCUT2D eigenvalue weighted by molar-refractivity contribution is 6.05. The van der Waals surface area contributed by atoms with E-state index in [4.69, 9.17) is 18.9 Å². The van der Waals surface area contributed by atoms with Gasteiger partial charge in [0.25, 0.3) is 5.91 Å². The normalized spacial score (nSPS) is 15.1. The Balaban J connectivity index is 1.11. The van der Waals surface area contributed by atoms with Gasteiger partial charge in [0.15, 0.2) is 11.5 Å². The van der Waals surface area contributed by atoms with Crippen LogP contribution in [0.4, 0.5) is 13.2 Å². The Morgan fingerprint density at radius 3 is 2.42 bits per heavy atom. The summed E-state index contributed by atoms with van der Waals surface area (Å²) in [5, 5.41) is 0.329. The first-order valence-electron chi connectivity index (χ1n) is 16.5. The summed E-state index contributed by atoms with van der Waals surface area (Å²) in [6.45, 7) is 0.604. The molecule has 0 saturated heterocycles. The smallest absolute Gasteiger partial charge is 0.494 e. The molecule has 1 aromatic heterocycles. The van der Waals surface area contributed by atoms with Gasteiger partial charge in [-0.15, -0.1) is 13.2 Å². The minimum Gasteiger partial charge on any atom is -0.494 e. The molecule has 1 unspecified atom stereocenters. The lowest BCUT2D eigenvalue weighted by Gasteiger charge is -2.23. The topological polar surface area (TPSA) is 85.2 Å². The third-order valence-electron chi connectivity index (χ3n) is 8.95. The Hall–Kier alpha value is -5.45. The van der Waals surface area contributed by atoms with E-state index in [1.165, 1.54) is 28.3 Å². The number of unbranched alkanes of at least 4 members (excludes halogenated alkanes) is 1. The van der Waals surface area contributed by atoms with Crippen molar-refractivity contribution >= 4 is 22.8 Å². The predicted molar refractivity (Wildman–Crippen MR) is 178 cm³/mol. The Bertz CT molecular complexity index is 2000. The van der Waals surface area contributed by atoms with Gasteiger partial charge in [0, 0.05) is 16.6 Å². The van der Waals surface area contributed by atoms with Crippen molar-refractivity contribution in [2.24, 2.45) is 0 Å². The molecular weight excluding hydrogens is 651 g/mol. The van der Waals surface area contributed by atoms with Gasteiger partial charge in [0.05, 0.1) is 18.0 Å². The third kappa shape index (κ3) is 7.27. The van der Waals surface area contributed by atoms with Crippen molar-refractivity contribution in [2.45, 2.75) is 57.4 Å². The van der Waals surface area contributed by atoms with Crippen LogP contribution < -0.4 is 18.9 Å². The molecule has 1 aliphatic heterocycles. The van der Waals surface area contributed by atoms with Crippen molar-refractivity contribution in [1.29, 1.82) is 0 Å². The maximum Gasteiger partial charge on any atom is 0.573 e. The number of carbonyl (C=O) groups excluding carboxylic acids is 2. The van der Waals surface area contributed by atoms with Crippen LogP contribution in [0.5, 0.6) is 23.0 Å². The summed E-state index contributed by atoms with van der Waals surface area (Å²) in [7, 11) is 0. The molecular formula is C39H34F3NO7. The molecule has 5 aromatic rings. The fourth-order valence-corrected chi connectivity index (χ4v) is 6.64. The first kappa shape index (κ1) is 33.1. The average Bonchev–Trinajstić information content (AvgIpc) is 3.72. The van der Waals surface area contributed by atoms with Crippen LogP contribution in [0.15, 0.2) is 91.0 Å². The Morgan fingerprint density at radius 1 is 0.840 bits per heavy atom. The highest BCUT2D eigenvalue weighted by atomic mass is 19.4. The van der Waals surface area contributed by atoms with E-state index in [-0.39, 0.29) is 19.3 Å². The molecule has 11 heteroatoms. The van der Waals surface area contributed by atoms with Crippen LogP contribution >= 0.6 is 0 Å². The zero-order chi connectivity index (χ0) is 34.7. The van der Waals surface area contributed by atoms with E-state index in [1.54, 1.807) is 42.5 Å². The molecule has 258 valence electrons. The zero-order valence-electron chi connectivity index (χ0n) is 27.0. The van der Waals surface area contributed by atoms with Gasteiger partial charge in [-0.25, -0.2) is 0 Å². The number of ether oxygens (including phenoxy) is 5. The van der Waals surface area contributed by atoms with Crippen molar-refractivity contribution in [1.82, 2.24) is 4.57 Å². The van der Waals surface area contributed by atoms with Gasteiger partial charge < -0.3 is 23.7 Å². The lowest BCUT2D eigenvalue weighted by molar-refractivity contribution is -0.274. The van der Waals surface area contributed by atoms with Gasteiger partial charge in [-0.2, -0.15) is 0 Å². The van der Waals surface area contributed by atoms with Gasteiger partial charge in [-0.05, 0) is 110 Å². The number of esters is 1. The number of fused-ring (bicyclic) bond motifs is 4. The number of hydrogen-bond acceptors (Lipinski definition) is 7. The van der Waals surface area contributed by atoms with Gasteiger partial charge in [0.1, 0.15) is 18.1 Å². The highest BCUT2D eigenvalue weighted by Gasteiger charge is 2.36. The molecule has 7 rings (SSSR count). The Kier molecular flexibility index (Phi) is 9.38. The lowest BCUT2D eigenvalue weighted by atomic mass is 9.85. The number of benzene rings is 4. The van der Waals surface area contributed by atoms with Gasteiger partial charge in [-0.3, -0.25) is 14.2 Å². The number of nitrogens with zero attached hydrogens (tertiary/aromatic N) is 1. The van der Waals surface area contributed by atoms with Crippen LogP contribution in [-0.2, 0) is 29.0 Å². The number of rotatable bonds is 11. The summed E-state index contributed by atoms with van der Waals surface area (Å²) in [4.78, 5) is 27.7. The standard InChI is InChI=1S/C39H34F3NO7/c40-39(41,42)50-29-17-18-32-31(22-29)36-30(38(45)47-23-26-12-19-34-35(21-26)49-24-48-34)10-6-11-33(36)43(32)37(44)27-13-15-28(16-14-27)46-20-5-4-9-25-7-2-1-3-8-25/h1-3,7-8,12-19,21-22,30H,4-6,9-11,20,23-24H2. The number of aryl methyl sites for hydroxylation is 1. The first-order valence-corrected chi connectivity index (χ1v) is 16.5. The second-order valence-electron chi connectivity index (χ2n) is 12.3. The molecule has 8 nitrogen and oxygen atoms in total. The molecule has 0 amide bonds. The van der Waals surface area contributed by atoms with E-state index in [0.717, 1.165) is 19.3 Å². The summed E-state index contributed by atoms with van der Waals surface area (Å²) in [6, 6.07) is 26.1. The summed E-state index contributed by atoms with van der Waals surface area (Å²) in [5.74, 6) is -0.380. The van der Waals surface area contributed by atoms with Crippen molar-refractivity contribution in [3.05, 3.63) is 119 Å². The van der Waals surface area contributed by atoms with Crippen LogP contribution in [0, 0.1) is 0 Å². The fraction of sp³-hybridized carbons (Fsp3) is 0.282. The van der Waals surface area contributed by atoms with Crippen LogP contribution in [0.3, 0.4) is 0 Å². The maximum absolute atomic E-state index is 14.1. The second kappa shape index (κ2) is 14.2. The molecule has 1 atom stereocenters. The van der Waals surface area contributed by atoms with E-state index in [2.05, 4.69) is 16.9 Å². The molecule has 0 N–H and O–H groups in total. The van der Waals surface area contributed by atoms with Crippen LogP contribution in [0.25, 0.3) is 10.9 Å². The molecule has 4 aromatic carbocycles. The number of aromatic nitrogens is 1. The number of alkyl halides is 3. The molecule has 1 aliphatic carbocycles.